The van der Waals surface area contributed by atoms with E-state index in [1.165, 1.54) is 17.9 Å². The first-order chi connectivity index (χ1) is 10.6. The summed E-state index contributed by atoms with van der Waals surface area (Å²) in [6, 6.07) is 3.93. The van der Waals surface area contributed by atoms with Crippen molar-refractivity contribution in [3.8, 4) is 5.75 Å². The summed E-state index contributed by atoms with van der Waals surface area (Å²) in [6.07, 6.45) is -1.38. The number of ether oxygens (including phenoxy) is 1. The molecular formula is C17H23NO5. The van der Waals surface area contributed by atoms with Gasteiger partial charge in [0, 0.05) is 12.1 Å². The number of nitrogens with zero attached hydrogens (tertiary/aromatic N) is 1. The zero-order valence-corrected chi connectivity index (χ0v) is 13.9. The lowest BCUT2D eigenvalue weighted by Gasteiger charge is -2.37. The fourth-order valence-corrected chi connectivity index (χ4v) is 2.70. The Balaban J connectivity index is 2.46. The molecule has 0 saturated carbocycles. The molecule has 1 aromatic carbocycles. The predicted octanol–water partition coefficient (Wildman–Crippen LogP) is 2.18. The second-order valence-corrected chi connectivity index (χ2v) is 6.75. The largest absolute Gasteiger partial charge is 0.508 e. The van der Waals surface area contributed by atoms with E-state index < -0.39 is 29.6 Å². The minimum Gasteiger partial charge on any atom is -0.508 e. The van der Waals surface area contributed by atoms with Gasteiger partial charge in [0.25, 0.3) is 0 Å². The SMILES string of the molecule is CC(O)C(=O)C1c2c(O)cccc2CCN1C(=O)OC(C)(C)C. The number of benzene rings is 1. The van der Waals surface area contributed by atoms with Crippen LogP contribution in [0.15, 0.2) is 18.2 Å². The first-order valence-corrected chi connectivity index (χ1v) is 7.64. The number of rotatable bonds is 2. The highest BCUT2D eigenvalue weighted by molar-refractivity contribution is 5.92. The molecule has 23 heavy (non-hydrogen) atoms. The van der Waals surface area contributed by atoms with Crippen molar-refractivity contribution in [2.75, 3.05) is 6.54 Å². The summed E-state index contributed by atoms with van der Waals surface area (Å²) in [4.78, 5) is 26.2. The molecule has 1 amide bonds. The number of aromatic hydroxyl groups is 1. The number of Topliss-reactive ketones (excluding diaryl/α,β-unsaturated/α-hetero) is 1. The lowest BCUT2D eigenvalue weighted by atomic mass is 9.88. The van der Waals surface area contributed by atoms with Crippen LogP contribution in [0.25, 0.3) is 0 Å². The maximum Gasteiger partial charge on any atom is 0.411 e. The minimum absolute atomic E-state index is 0.0604. The van der Waals surface area contributed by atoms with Crippen LogP contribution >= 0.6 is 0 Å². The van der Waals surface area contributed by atoms with E-state index in [4.69, 9.17) is 4.74 Å². The molecule has 0 spiro atoms. The Labute approximate surface area is 135 Å². The quantitative estimate of drug-likeness (QED) is 0.872. The fourth-order valence-electron chi connectivity index (χ4n) is 2.70. The lowest BCUT2D eigenvalue weighted by molar-refractivity contribution is -0.132. The number of carbonyl (C=O) groups excluding carboxylic acids is 2. The summed E-state index contributed by atoms with van der Waals surface area (Å²) in [5.74, 6) is -0.604. The Kier molecular flexibility index (Phi) is 4.66. The van der Waals surface area contributed by atoms with Gasteiger partial charge in [0.05, 0.1) is 0 Å². The first kappa shape index (κ1) is 17.3. The molecule has 0 saturated heterocycles. The Bertz CT molecular complexity index is 618. The molecule has 2 atom stereocenters. The van der Waals surface area contributed by atoms with Crippen molar-refractivity contribution in [2.45, 2.75) is 51.9 Å². The van der Waals surface area contributed by atoms with Crippen LogP contribution in [0.4, 0.5) is 4.79 Å². The van der Waals surface area contributed by atoms with Gasteiger partial charge < -0.3 is 14.9 Å². The van der Waals surface area contributed by atoms with Gasteiger partial charge in [0.2, 0.25) is 0 Å². The van der Waals surface area contributed by atoms with Crippen molar-refractivity contribution in [1.82, 2.24) is 4.90 Å². The van der Waals surface area contributed by atoms with Crippen LogP contribution in [-0.2, 0) is 16.0 Å². The van der Waals surface area contributed by atoms with Crippen LogP contribution in [-0.4, -0.2) is 45.2 Å². The van der Waals surface area contributed by atoms with E-state index in [-0.39, 0.29) is 12.3 Å². The highest BCUT2D eigenvalue weighted by Crippen LogP contribution is 2.37. The Morgan fingerprint density at radius 2 is 2.00 bits per heavy atom. The topological polar surface area (TPSA) is 87.1 Å². The molecule has 0 radical (unpaired) electrons. The molecule has 1 aliphatic heterocycles. The van der Waals surface area contributed by atoms with Gasteiger partial charge in [0.15, 0.2) is 5.78 Å². The molecule has 6 nitrogen and oxygen atoms in total. The molecule has 2 rings (SSSR count). The molecule has 1 aromatic rings. The predicted molar refractivity (Wildman–Crippen MR) is 84.2 cm³/mol. The molecular weight excluding hydrogens is 298 g/mol. The van der Waals surface area contributed by atoms with Gasteiger partial charge in [-0.3, -0.25) is 9.69 Å². The van der Waals surface area contributed by atoms with Crippen molar-refractivity contribution in [2.24, 2.45) is 0 Å². The van der Waals surface area contributed by atoms with E-state index in [1.54, 1.807) is 26.8 Å². The molecule has 2 unspecified atom stereocenters. The van der Waals surface area contributed by atoms with Crippen LogP contribution in [0.3, 0.4) is 0 Å². The highest BCUT2D eigenvalue weighted by atomic mass is 16.6. The number of hydrogen-bond acceptors (Lipinski definition) is 5. The molecule has 0 aromatic heterocycles. The second kappa shape index (κ2) is 6.20. The number of aliphatic hydroxyl groups excluding tert-OH is 1. The number of carbonyl (C=O) groups is 2. The standard InChI is InChI=1S/C17H23NO5/c1-10(19)15(21)14-13-11(6-5-7-12(13)20)8-9-18(14)16(22)23-17(2,3)4/h5-7,10,14,19-20H,8-9H2,1-4H3. The average molecular weight is 321 g/mol. The van der Waals surface area contributed by atoms with Crippen LogP contribution in [0.1, 0.15) is 44.9 Å². The lowest BCUT2D eigenvalue weighted by Crippen LogP contribution is -2.47. The van der Waals surface area contributed by atoms with Crippen LogP contribution in [0.5, 0.6) is 5.75 Å². The van der Waals surface area contributed by atoms with Crippen LogP contribution in [0.2, 0.25) is 0 Å². The molecule has 126 valence electrons. The van der Waals surface area contributed by atoms with Crippen LogP contribution in [0, 0.1) is 0 Å². The molecule has 2 N–H and O–H groups in total. The number of fused-ring (bicyclic) bond motifs is 1. The van der Waals surface area contributed by atoms with E-state index in [9.17, 15) is 19.8 Å². The second-order valence-electron chi connectivity index (χ2n) is 6.75. The summed E-state index contributed by atoms with van der Waals surface area (Å²) < 4.78 is 5.36. The first-order valence-electron chi connectivity index (χ1n) is 7.64. The summed E-state index contributed by atoms with van der Waals surface area (Å²) in [5, 5.41) is 19.9. The third-order valence-corrected chi connectivity index (χ3v) is 3.69. The van der Waals surface area contributed by atoms with Gasteiger partial charge in [-0.2, -0.15) is 0 Å². The van der Waals surface area contributed by atoms with E-state index >= 15 is 0 Å². The van der Waals surface area contributed by atoms with Gasteiger partial charge in [-0.05, 0) is 45.7 Å². The number of aliphatic hydroxyl groups is 1. The summed E-state index contributed by atoms with van der Waals surface area (Å²) in [6.45, 7) is 6.86. The molecule has 1 heterocycles. The van der Waals surface area contributed by atoms with Crippen molar-refractivity contribution in [3.05, 3.63) is 29.3 Å². The van der Waals surface area contributed by atoms with E-state index in [1.807, 2.05) is 6.07 Å². The third-order valence-electron chi connectivity index (χ3n) is 3.69. The monoisotopic (exact) mass is 321 g/mol. The van der Waals surface area contributed by atoms with Crippen molar-refractivity contribution >= 4 is 11.9 Å². The van der Waals surface area contributed by atoms with Crippen molar-refractivity contribution < 1.29 is 24.5 Å². The van der Waals surface area contributed by atoms with Gasteiger partial charge in [-0.15, -0.1) is 0 Å². The third kappa shape index (κ3) is 3.64. The molecule has 1 aliphatic rings. The smallest absolute Gasteiger partial charge is 0.411 e. The Morgan fingerprint density at radius 3 is 2.57 bits per heavy atom. The molecule has 0 aliphatic carbocycles. The molecule has 0 fully saturated rings. The Hall–Kier alpha value is -2.08. The zero-order chi connectivity index (χ0) is 17.4. The van der Waals surface area contributed by atoms with Crippen molar-refractivity contribution in [3.63, 3.8) is 0 Å². The van der Waals surface area contributed by atoms with E-state index in [2.05, 4.69) is 0 Å². The molecule has 0 bridgehead atoms. The normalized spacial score (nSPS) is 19.0. The maximum atomic E-state index is 12.5. The number of phenolic OH excluding ortho intramolecular Hbond substituents is 1. The van der Waals surface area contributed by atoms with E-state index in [0.29, 0.717) is 12.0 Å². The van der Waals surface area contributed by atoms with Crippen LogP contribution < -0.4 is 0 Å². The summed E-state index contributed by atoms with van der Waals surface area (Å²) in [5.41, 5.74) is 0.466. The zero-order valence-electron chi connectivity index (χ0n) is 13.9. The fraction of sp³-hybridized carbons (Fsp3) is 0.529. The van der Waals surface area contributed by atoms with Gasteiger partial charge in [0.1, 0.15) is 23.5 Å². The minimum atomic E-state index is -1.25. The van der Waals surface area contributed by atoms with Gasteiger partial charge in [-0.1, -0.05) is 12.1 Å². The summed E-state index contributed by atoms with van der Waals surface area (Å²) in [7, 11) is 0. The van der Waals surface area contributed by atoms with E-state index in [0.717, 1.165) is 5.56 Å². The molecule has 6 heteroatoms. The van der Waals surface area contributed by atoms with Crippen molar-refractivity contribution in [1.29, 1.82) is 0 Å². The van der Waals surface area contributed by atoms with Gasteiger partial charge in [-0.25, -0.2) is 4.79 Å². The number of amides is 1. The highest BCUT2D eigenvalue weighted by Gasteiger charge is 2.40. The summed E-state index contributed by atoms with van der Waals surface area (Å²) >= 11 is 0. The maximum absolute atomic E-state index is 12.5. The van der Waals surface area contributed by atoms with Gasteiger partial charge >= 0.3 is 6.09 Å². The number of phenols is 1. The average Bonchev–Trinajstić information content (AvgIpc) is 2.43. The Morgan fingerprint density at radius 1 is 1.35 bits per heavy atom. The number of hydrogen-bond donors (Lipinski definition) is 2. The number of ketones is 1.